The zero-order valence-electron chi connectivity index (χ0n) is 22.2. The van der Waals surface area contributed by atoms with Crippen LogP contribution in [0, 0.1) is 5.92 Å². The van der Waals surface area contributed by atoms with E-state index >= 15 is 0 Å². The molecule has 4 rings (SSSR count). The molecule has 2 aromatic rings. The normalized spacial score (nSPS) is 24.1. The highest BCUT2D eigenvalue weighted by Crippen LogP contribution is 2.46. The average molecular weight is 539 g/mol. The van der Waals surface area contributed by atoms with Crippen molar-refractivity contribution in [3.63, 3.8) is 0 Å². The summed E-state index contributed by atoms with van der Waals surface area (Å²) in [5, 5.41) is 13.0. The van der Waals surface area contributed by atoms with Crippen molar-refractivity contribution in [2.24, 2.45) is 5.92 Å². The Hall–Kier alpha value is -3.61. The van der Waals surface area contributed by atoms with E-state index in [4.69, 9.17) is 18.7 Å². The van der Waals surface area contributed by atoms with E-state index in [-0.39, 0.29) is 18.0 Å². The second-order valence-corrected chi connectivity index (χ2v) is 10.3. The van der Waals surface area contributed by atoms with Crippen molar-refractivity contribution in [1.82, 2.24) is 10.3 Å². The zero-order valence-corrected chi connectivity index (χ0v) is 22.2. The van der Waals surface area contributed by atoms with Crippen LogP contribution in [0.3, 0.4) is 0 Å². The number of esters is 1. The van der Waals surface area contributed by atoms with Gasteiger partial charge in [0.1, 0.15) is 17.8 Å². The molecule has 2 saturated heterocycles. The van der Waals surface area contributed by atoms with Crippen molar-refractivity contribution < 1.29 is 43.0 Å². The Morgan fingerprint density at radius 1 is 1.08 bits per heavy atom. The quantitative estimate of drug-likeness (QED) is 0.321. The molecule has 0 radical (unpaired) electrons. The van der Waals surface area contributed by atoms with Gasteiger partial charge in [0.15, 0.2) is 11.9 Å². The van der Waals surface area contributed by atoms with E-state index in [9.17, 15) is 24.3 Å². The highest BCUT2D eigenvalue weighted by atomic mass is 16.8. The van der Waals surface area contributed by atoms with E-state index in [2.05, 4.69) is 10.3 Å². The second kappa shape index (κ2) is 11.6. The molecule has 39 heavy (non-hydrogen) atoms. The third-order valence-electron chi connectivity index (χ3n) is 6.88. The maximum Gasteiger partial charge on any atom is 0.441 e. The molecule has 11 nitrogen and oxygen atoms in total. The summed E-state index contributed by atoms with van der Waals surface area (Å²) in [7, 11) is 1.16. The number of aliphatic hydroxyl groups excluding tert-OH is 1. The van der Waals surface area contributed by atoms with Crippen LogP contribution < -0.4 is 5.32 Å². The first-order chi connectivity index (χ1) is 18.5. The highest BCUT2D eigenvalue weighted by Gasteiger charge is 2.61. The van der Waals surface area contributed by atoms with Crippen LogP contribution in [0.25, 0.3) is 11.3 Å². The topological polar surface area (TPSA) is 150 Å². The number of ether oxygens (including phenoxy) is 1. The van der Waals surface area contributed by atoms with Gasteiger partial charge in [-0.15, -0.1) is 0 Å². The van der Waals surface area contributed by atoms with Crippen LogP contribution in [0.5, 0.6) is 0 Å². The Balaban J connectivity index is 1.52. The van der Waals surface area contributed by atoms with Crippen LogP contribution in [-0.2, 0) is 33.1 Å². The largest absolute Gasteiger partial charge is 0.641 e. The summed E-state index contributed by atoms with van der Waals surface area (Å²) in [5.74, 6) is -3.43. The maximum atomic E-state index is 13.5. The number of nitrogens with zero attached hydrogens (tertiary/aromatic N) is 1. The fraction of sp³-hybridized carbons (Fsp3) is 0.444. The lowest BCUT2D eigenvalue weighted by molar-refractivity contribution is -0.159. The molecular formula is C27H32BN2O9-. The molecule has 2 N–H and O–H groups in total. The van der Waals surface area contributed by atoms with Crippen molar-refractivity contribution in [3.8, 4) is 11.3 Å². The number of carbonyl (C=O) groups excluding carboxylic acids is 4. The van der Waals surface area contributed by atoms with Crippen LogP contribution in [0.4, 0.5) is 0 Å². The Morgan fingerprint density at radius 3 is 2.44 bits per heavy atom. The number of pyridine rings is 1. The van der Waals surface area contributed by atoms with E-state index in [1.807, 2.05) is 44.2 Å². The summed E-state index contributed by atoms with van der Waals surface area (Å²) < 4.78 is 21.7. The molecule has 1 aromatic heterocycles. The number of benzene rings is 1. The van der Waals surface area contributed by atoms with Gasteiger partial charge < -0.3 is 29.1 Å². The Bertz CT molecular complexity index is 1240. The van der Waals surface area contributed by atoms with Crippen molar-refractivity contribution in [2.45, 2.75) is 63.8 Å². The summed E-state index contributed by atoms with van der Waals surface area (Å²) in [6.07, 6.45) is -3.72. The lowest BCUT2D eigenvalue weighted by Crippen LogP contribution is -2.53. The predicted octanol–water partition coefficient (Wildman–Crippen LogP) is 2.06. The molecule has 2 unspecified atom stereocenters. The third kappa shape index (κ3) is 6.03. The van der Waals surface area contributed by atoms with Crippen LogP contribution in [0.2, 0.25) is 5.82 Å². The molecule has 2 bridgehead atoms. The van der Waals surface area contributed by atoms with Gasteiger partial charge in [0.05, 0.1) is 18.9 Å². The van der Waals surface area contributed by atoms with Crippen LogP contribution in [0.1, 0.15) is 44.1 Å². The molecule has 0 saturated carbocycles. The molecule has 1 amide bonds. The van der Waals surface area contributed by atoms with Crippen molar-refractivity contribution in [3.05, 3.63) is 54.2 Å². The van der Waals surface area contributed by atoms with Crippen LogP contribution in [0.15, 0.2) is 48.5 Å². The summed E-state index contributed by atoms with van der Waals surface area (Å²) in [6, 6.07) is 13.0. The van der Waals surface area contributed by atoms with E-state index in [0.29, 0.717) is 12.1 Å². The summed E-state index contributed by atoms with van der Waals surface area (Å²) in [4.78, 5) is 55.5. The average Bonchev–Trinajstić information content (AvgIpc) is 3.47. The van der Waals surface area contributed by atoms with Crippen molar-refractivity contribution in [1.29, 1.82) is 0 Å². The molecule has 6 atom stereocenters. The molecule has 2 fully saturated rings. The van der Waals surface area contributed by atoms with Gasteiger partial charge in [-0.3, -0.25) is 14.4 Å². The third-order valence-corrected chi connectivity index (χ3v) is 6.88. The minimum atomic E-state index is -2.79. The number of rotatable bonds is 11. The number of aromatic nitrogens is 1. The molecule has 208 valence electrons. The first kappa shape index (κ1) is 28.4. The highest BCUT2D eigenvalue weighted by molar-refractivity contribution is 6.67. The second-order valence-electron chi connectivity index (χ2n) is 10.3. The number of nitrogens with one attached hydrogen (secondary N) is 1. The monoisotopic (exact) mass is 539 g/mol. The van der Waals surface area contributed by atoms with E-state index in [1.54, 1.807) is 12.1 Å². The number of methoxy groups -OCH3 is 1. The van der Waals surface area contributed by atoms with Gasteiger partial charge in [-0.2, -0.15) is 0 Å². The number of ketones is 1. The van der Waals surface area contributed by atoms with Gasteiger partial charge in [-0.1, -0.05) is 62.5 Å². The van der Waals surface area contributed by atoms with Crippen LogP contribution >= 0.6 is 0 Å². The van der Waals surface area contributed by atoms with Gasteiger partial charge in [-0.25, -0.2) is 9.78 Å². The molecule has 1 aromatic carbocycles. The minimum absolute atomic E-state index is 0.0331. The molecule has 0 spiro atoms. The predicted molar refractivity (Wildman–Crippen MR) is 139 cm³/mol. The summed E-state index contributed by atoms with van der Waals surface area (Å²) in [5.41, 5.74) is 1.47. The number of fused-ring (bicyclic) bond motifs is 2. The Labute approximate surface area is 226 Å². The Kier molecular flexibility index (Phi) is 8.48. The molecule has 0 aliphatic carbocycles. The van der Waals surface area contributed by atoms with E-state index < -0.39 is 60.6 Å². The number of amides is 1. The number of Topliss-reactive ketones (excluding diaryl/α,β-unsaturated/α-hetero) is 1. The van der Waals surface area contributed by atoms with Crippen molar-refractivity contribution in [2.75, 3.05) is 7.11 Å². The minimum Gasteiger partial charge on any atom is -0.641 e. The number of carbonyl (C=O) groups is 4. The lowest BCUT2D eigenvalue weighted by atomic mass is 9.58. The maximum absolute atomic E-state index is 13.5. The van der Waals surface area contributed by atoms with Crippen molar-refractivity contribution >= 4 is 30.4 Å². The van der Waals surface area contributed by atoms with E-state index in [1.165, 1.54) is 13.0 Å². The Morgan fingerprint density at radius 2 is 1.79 bits per heavy atom. The van der Waals surface area contributed by atoms with E-state index in [0.717, 1.165) is 12.7 Å². The molecule has 3 heterocycles. The summed E-state index contributed by atoms with van der Waals surface area (Å²) >= 11 is 0. The van der Waals surface area contributed by atoms with Gasteiger partial charge >= 0.3 is 12.7 Å². The summed E-state index contributed by atoms with van der Waals surface area (Å²) in [6.45, 7) is 2.42. The first-order valence-corrected chi connectivity index (χ1v) is 12.9. The standard InChI is InChI=1S/C27H32BN2O9/c1-15(2)13-18(28-37-23(26(34)36-4)24(38-28)27(35)39-28)14-21(32)22(16(3)31)30-25(33)20-12-8-11-19(29-20)17-9-6-5-7-10-17/h5-12,15-16,18,22-24,31H,13-14H2,1-4H3,(H,30,33)/q-1/t16-,18?,22+,23-,24+,28?/m1/s1. The smallest absolute Gasteiger partial charge is 0.441 e. The van der Waals surface area contributed by atoms with Gasteiger partial charge in [0, 0.05) is 5.56 Å². The fourth-order valence-electron chi connectivity index (χ4n) is 5.06. The molecule has 12 heteroatoms. The number of hydrogen-bond acceptors (Lipinski definition) is 10. The first-order valence-electron chi connectivity index (χ1n) is 12.9. The van der Waals surface area contributed by atoms with Gasteiger partial charge in [-0.05, 0) is 31.4 Å². The van der Waals surface area contributed by atoms with Crippen LogP contribution in [-0.4, -0.2) is 71.9 Å². The zero-order chi connectivity index (χ0) is 28.3. The molecule has 2 aliphatic rings. The number of hydrogen-bond donors (Lipinski definition) is 2. The fourth-order valence-corrected chi connectivity index (χ4v) is 5.06. The molecule has 2 aliphatic heterocycles. The number of aliphatic hydroxyl groups is 1. The van der Waals surface area contributed by atoms with Gasteiger partial charge in [0.25, 0.3) is 11.9 Å². The SMILES string of the molecule is COC(=O)[C@@H]1O[B-]2(C(CC(=O)[C@@H](NC(=O)c3cccc(-c4ccccc4)n3)[C@@H](C)O)CC(C)C)OC(=O)[C@H]1O2. The molecular weight excluding hydrogens is 507 g/mol. The van der Waals surface area contributed by atoms with Gasteiger partial charge in [0.2, 0.25) is 0 Å². The lowest BCUT2D eigenvalue weighted by Gasteiger charge is -2.41.